The van der Waals surface area contributed by atoms with Gasteiger partial charge in [-0.1, -0.05) is 29.8 Å². The largest absolute Gasteiger partial charge is 0.345 e. The molecule has 0 spiro atoms. The van der Waals surface area contributed by atoms with E-state index in [2.05, 4.69) is 21.2 Å². The van der Waals surface area contributed by atoms with Crippen LogP contribution in [0.5, 0.6) is 0 Å². The van der Waals surface area contributed by atoms with E-state index in [9.17, 15) is 13.2 Å². The van der Waals surface area contributed by atoms with Crippen LogP contribution in [-0.4, -0.2) is 32.7 Å². The lowest BCUT2D eigenvalue weighted by Crippen LogP contribution is -2.27. The van der Waals surface area contributed by atoms with E-state index >= 15 is 0 Å². The maximum Gasteiger partial charge on any atom is 0.251 e. The van der Waals surface area contributed by atoms with Gasteiger partial charge >= 0.3 is 0 Å². The minimum absolute atomic E-state index is 0.0375. The van der Waals surface area contributed by atoms with Crippen LogP contribution in [0.3, 0.4) is 0 Å². The van der Waals surface area contributed by atoms with E-state index in [1.165, 1.54) is 20.2 Å². The van der Waals surface area contributed by atoms with Gasteiger partial charge in [0.1, 0.15) is 0 Å². The highest BCUT2D eigenvalue weighted by atomic mass is 79.9. The first-order valence-electron chi connectivity index (χ1n) is 7.42. The third-order valence-electron chi connectivity index (χ3n) is 3.67. The Morgan fingerprint density at radius 1 is 1.20 bits per heavy atom. The third kappa shape index (κ3) is 4.41. The number of carbonyl (C=O) groups excluding carboxylic acids is 1. The summed E-state index contributed by atoms with van der Waals surface area (Å²) in [6, 6.07) is 11.4. The van der Waals surface area contributed by atoms with Crippen LogP contribution < -0.4 is 5.32 Å². The molecular weight excluding hydrogens is 428 g/mol. The molecule has 0 saturated carbocycles. The highest BCUT2D eigenvalue weighted by molar-refractivity contribution is 9.10. The van der Waals surface area contributed by atoms with Gasteiger partial charge in [-0.2, -0.15) is 0 Å². The molecule has 25 heavy (non-hydrogen) atoms. The average Bonchev–Trinajstić information content (AvgIpc) is 2.55. The molecule has 8 heteroatoms. The zero-order valence-electron chi connectivity index (χ0n) is 14.0. The fourth-order valence-electron chi connectivity index (χ4n) is 2.22. The summed E-state index contributed by atoms with van der Waals surface area (Å²) in [7, 11) is -0.789. The van der Waals surface area contributed by atoms with Crippen molar-refractivity contribution < 1.29 is 13.2 Å². The van der Waals surface area contributed by atoms with Gasteiger partial charge in [0.25, 0.3) is 5.91 Å². The lowest BCUT2D eigenvalue weighted by atomic mass is 10.1. The van der Waals surface area contributed by atoms with Crippen molar-refractivity contribution in [3.63, 3.8) is 0 Å². The Morgan fingerprint density at radius 2 is 1.84 bits per heavy atom. The number of sulfonamides is 1. The van der Waals surface area contributed by atoms with Gasteiger partial charge in [-0.05, 0) is 52.7 Å². The molecular formula is C17H18BrClN2O3S. The van der Waals surface area contributed by atoms with Gasteiger partial charge < -0.3 is 5.32 Å². The maximum atomic E-state index is 12.5. The summed E-state index contributed by atoms with van der Waals surface area (Å²) >= 11 is 9.37. The first-order chi connectivity index (χ1) is 11.6. The molecule has 1 unspecified atom stereocenters. The number of rotatable bonds is 5. The van der Waals surface area contributed by atoms with Crippen molar-refractivity contribution in [1.29, 1.82) is 0 Å². The molecule has 0 fully saturated rings. The van der Waals surface area contributed by atoms with Gasteiger partial charge in [0.05, 0.1) is 10.9 Å². The molecule has 0 heterocycles. The number of amides is 1. The number of benzene rings is 2. The maximum absolute atomic E-state index is 12.5. The standard InChI is InChI=1S/C17H18BrClN2O3S/c1-11(13-6-4-5-7-15(13)19)20-17(22)12-8-9-14(18)16(10-12)25(23,24)21(2)3/h4-11H,1-3H3,(H,20,22). The van der Waals surface area contributed by atoms with E-state index in [0.29, 0.717) is 9.50 Å². The summed E-state index contributed by atoms with van der Waals surface area (Å²) in [5.41, 5.74) is 1.04. The summed E-state index contributed by atoms with van der Waals surface area (Å²) in [6.45, 7) is 1.81. The Morgan fingerprint density at radius 3 is 2.44 bits per heavy atom. The van der Waals surface area contributed by atoms with E-state index in [1.807, 2.05) is 25.1 Å². The third-order valence-corrected chi connectivity index (χ3v) is 6.82. The summed E-state index contributed by atoms with van der Waals surface area (Å²) < 4.78 is 26.2. The zero-order valence-corrected chi connectivity index (χ0v) is 17.1. The lowest BCUT2D eigenvalue weighted by molar-refractivity contribution is 0.0939. The monoisotopic (exact) mass is 444 g/mol. The molecule has 0 aliphatic rings. The molecule has 0 saturated heterocycles. The molecule has 0 aromatic heterocycles. The predicted octanol–water partition coefficient (Wildman–Crippen LogP) is 3.84. The molecule has 2 aromatic carbocycles. The van der Waals surface area contributed by atoms with Gasteiger partial charge in [0, 0.05) is 29.2 Å². The number of nitrogens with zero attached hydrogens (tertiary/aromatic N) is 1. The number of hydrogen-bond acceptors (Lipinski definition) is 3. The Balaban J connectivity index is 2.30. The first kappa shape index (κ1) is 19.9. The van der Waals surface area contributed by atoms with E-state index in [0.717, 1.165) is 9.87 Å². The van der Waals surface area contributed by atoms with Gasteiger partial charge in [0.2, 0.25) is 10.0 Å². The van der Waals surface area contributed by atoms with Crippen molar-refractivity contribution in [2.75, 3.05) is 14.1 Å². The van der Waals surface area contributed by atoms with Crippen molar-refractivity contribution >= 4 is 43.5 Å². The van der Waals surface area contributed by atoms with Gasteiger partial charge in [-0.15, -0.1) is 0 Å². The predicted molar refractivity (Wildman–Crippen MR) is 102 cm³/mol. The lowest BCUT2D eigenvalue weighted by Gasteiger charge is -2.17. The van der Waals surface area contributed by atoms with Crippen molar-refractivity contribution in [3.8, 4) is 0 Å². The molecule has 0 radical (unpaired) electrons. The molecule has 1 N–H and O–H groups in total. The van der Waals surface area contributed by atoms with E-state index in [1.54, 1.807) is 18.2 Å². The first-order valence-corrected chi connectivity index (χ1v) is 10.0. The van der Waals surface area contributed by atoms with Crippen LogP contribution in [0.15, 0.2) is 51.8 Å². The second-order valence-electron chi connectivity index (χ2n) is 5.65. The van der Waals surface area contributed by atoms with Crippen molar-refractivity contribution in [3.05, 3.63) is 63.1 Å². The summed E-state index contributed by atoms with van der Waals surface area (Å²) in [5.74, 6) is -0.380. The Bertz CT molecular complexity index is 901. The van der Waals surface area contributed by atoms with E-state index < -0.39 is 10.0 Å². The molecule has 0 aliphatic carbocycles. The number of halogens is 2. The fraction of sp³-hybridized carbons (Fsp3) is 0.235. The number of hydrogen-bond donors (Lipinski definition) is 1. The van der Waals surface area contributed by atoms with Crippen molar-refractivity contribution in [1.82, 2.24) is 9.62 Å². The zero-order chi connectivity index (χ0) is 18.8. The molecule has 1 atom stereocenters. The highest BCUT2D eigenvalue weighted by Crippen LogP contribution is 2.26. The molecule has 134 valence electrons. The van der Waals surface area contributed by atoms with Crippen LogP contribution in [0.25, 0.3) is 0 Å². The summed E-state index contributed by atoms with van der Waals surface area (Å²) in [6.07, 6.45) is 0. The Kier molecular flexibility index (Phi) is 6.26. The van der Waals surface area contributed by atoms with Gasteiger partial charge in [0.15, 0.2) is 0 Å². The van der Waals surface area contributed by atoms with Crippen LogP contribution in [0, 0.1) is 0 Å². The Labute approximate surface area is 161 Å². The molecule has 1 amide bonds. The fourth-order valence-corrected chi connectivity index (χ4v) is 4.37. The topological polar surface area (TPSA) is 66.5 Å². The van der Waals surface area contributed by atoms with E-state index in [-0.39, 0.29) is 22.4 Å². The van der Waals surface area contributed by atoms with Crippen LogP contribution in [0.2, 0.25) is 5.02 Å². The van der Waals surface area contributed by atoms with Crippen molar-refractivity contribution in [2.45, 2.75) is 17.9 Å². The van der Waals surface area contributed by atoms with Crippen molar-refractivity contribution in [2.24, 2.45) is 0 Å². The van der Waals surface area contributed by atoms with Crippen LogP contribution in [-0.2, 0) is 10.0 Å². The van der Waals surface area contributed by atoms with E-state index in [4.69, 9.17) is 11.6 Å². The highest BCUT2D eigenvalue weighted by Gasteiger charge is 2.23. The molecule has 2 rings (SSSR count). The molecule has 0 bridgehead atoms. The minimum Gasteiger partial charge on any atom is -0.345 e. The van der Waals surface area contributed by atoms with Gasteiger partial charge in [-0.25, -0.2) is 12.7 Å². The second-order valence-corrected chi connectivity index (χ2v) is 9.03. The number of carbonyl (C=O) groups is 1. The Hall–Kier alpha value is -1.41. The molecule has 2 aromatic rings. The van der Waals surface area contributed by atoms with Crippen LogP contribution in [0.4, 0.5) is 0 Å². The van der Waals surface area contributed by atoms with Crippen LogP contribution in [0.1, 0.15) is 28.9 Å². The SMILES string of the molecule is CC(NC(=O)c1ccc(Br)c(S(=O)(=O)N(C)C)c1)c1ccccc1Cl. The normalized spacial score (nSPS) is 12.9. The second kappa shape index (κ2) is 7.86. The molecule has 5 nitrogen and oxygen atoms in total. The van der Waals surface area contributed by atoms with Gasteiger partial charge in [-0.3, -0.25) is 4.79 Å². The minimum atomic E-state index is -3.67. The average molecular weight is 446 g/mol. The summed E-state index contributed by atoms with van der Waals surface area (Å²) in [4.78, 5) is 12.6. The quantitative estimate of drug-likeness (QED) is 0.760. The smallest absolute Gasteiger partial charge is 0.251 e. The number of nitrogens with one attached hydrogen (secondary N) is 1. The summed E-state index contributed by atoms with van der Waals surface area (Å²) in [5, 5.41) is 3.39. The van der Waals surface area contributed by atoms with Crippen LogP contribution >= 0.6 is 27.5 Å². The molecule has 0 aliphatic heterocycles.